The number of esters is 2. The number of rotatable bonds is 5. The molecule has 1 aliphatic rings. The number of benzene rings is 1. The van der Waals surface area contributed by atoms with E-state index in [0.29, 0.717) is 10.6 Å². The molecule has 0 aromatic heterocycles. The molecule has 6 nitrogen and oxygen atoms in total. The molecule has 2 rings (SSSR count). The summed E-state index contributed by atoms with van der Waals surface area (Å²) in [4.78, 5) is 37.8. The van der Waals surface area contributed by atoms with Crippen LogP contribution in [-0.2, 0) is 23.9 Å². The molecule has 1 saturated carbocycles. The first kappa shape index (κ1) is 20.4. The maximum absolute atomic E-state index is 12.7. The van der Waals surface area contributed by atoms with Crippen LogP contribution in [0.25, 0.3) is 0 Å². The zero-order chi connectivity index (χ0) is 19.5. The van der Waals surface area contributed by atoms with E-state index in [4.69, 9.17) is 21.1 Å². The highest BCUT2D eigenvalue weighted by Crippen LogP contribution is 2.47. The quantitative estimate of drug-likeness (QED) is 0.621. The van der Waals surface area contributed by atoms with Gasteiger partial charge in [0.2, 0.25) is 0 Å². The van der Waals surface area contributed by atoms with Crippen LogP contribution in [0.3, 0.4) is 0 Å². The first-order valence-electron chi connectivity index (χ1n) is 8.56. The molecule has 0 bridgehead atoms. The number of Topliss-reactive ketones (excluding diaryl/α,β-unsaturated/α-hetero) is 1. The zero-order valence-electron chi connectivity index (χ0n) is 15.0. The van der Waals surface area contributed by atoms with E-state index in [1.807, 2.05) is 0 Å². The van der Waals surface area contributed by atoms with Gasteiger partial charge in [0.05, 0.1) is 24.7 Å². The minimum Gasteiger partial charge on any atom is -0.466 e. The van der Waals surface area contributed by atoms with E-state index in [2.05, 4.69) is 0 Å². The average Bonchev–Trinajstić information content (AvgIpc) is 2.53. The normalized spacial score (nSPS) is 28.5. The molecule has 0 saturated heterocycles. The molecule has 142 valence electrons. The summed E-state index contributed by atoms with van der Waals surface area (Å²) in [6.45, 7) is 4.92. The summed E-state index contributed by atoms with van der Waals surface area (Å²) in [5.74, 6) is -5.09. The second kappa shape index (κ2) is 8.18. The Morgan fingerprint density at radius 3 is 2.42 bits per heavy atom. The lowest BCUT2D eigenvalue weighted by Gasteiger charge is -2.43. The number of halogens is 1. The van der Waals surface area contributed by atoms with E-state index in [1.54, 1.807) is 38.1 Å². The third kappa shape index (κ3) is 4.07. The Bertz CT molecular complexity index is 699. The minimum atomic E-state index is -1.65. The highest BCUT2D eigenvalue weighted by Gasteiger charge is 2.57. The van der Waals surface area contributed by atoms with Gasteiger partial charge >= 0.3 is 11.9 Å². The number of ketones is 1. The lowest BCUT2D eigenvalue weighted by atomic mass is 9.62. The van der Waals surface area contributed by atoms with E-state index in [0.717, 1.165) is 0 Å². The monoisotopic (exact) mass is 382 g/mol. The third-order valence-corrected chi connectivity index (χ3v) is 4.82. The molecule has 0 unspecified atom stereocenters. The van der Waals surface area contributed by atoms with Crippen molar-refractivity contribution in [1.29, 1.82) is 0 Å². The lowest BCUT2D eigenvalue weighted by molar-refractivity contribution is -0.172. The number of carbonyl (C=O) groups is 3. The summed E-state index contributed by atoms with van der Waals surface area (Å²) in [5.41, 5.74) is -1.15. The molecule has 0 radical (unpaired) electrons. The summed E-state index contributed by atoms with van der Waals surface area (Å²) in [6, 6.07) is 6.56. The van der Waals surface area contributed by atoms with Gasteiger partial charge in [-0.3, -0.25) is 14.4 Å². The van der Waals surface area contributed by atoms with Crippen molar-refractivity contribution in [3.8, 4) is 0 Å². The predicted octanol–water partition coefficient (Wildman–Crippen LogP) is 2.51. The summed E-state index contributed by atoms with van der Waals surface area (Å²) in [7, 11) is 0. The van der Waals surface area contributed by atoms with E-state index >= 15 is 0 Å². The Kier molecular flexibility index (Phi) is 6.42. The van der Waals surface area contributed by atoms with Crippen LogP contribution in [0, 0.1) is 11.8 Å². The van der Waals surface area contributed by atoms with Crippen molar-refractivity contribution >= 4 is 29.3 Å². The highest BCUT2D eigenvalue weighted by atomic mass is 35.5. The largest absolute Gasteiger partial charge is 0.466 e. The van der Waals surface area contributed by atoms with Crippen molar-refractivity contribution in [1.82, 2.24) is 0 Å². The van der Waals surface area contributed by atoms with Crippen molar-refractivity contribution in [2.75, 3.05) is 13.2 Å². The van der Waals surface area contributed by atoms with Gasteiger partial charge in [0, 0.05) is 17.4 Å². The average molecular weight is 383 g/mol. The van der Waals surface area contributed by atoms with Crippen LogP contribution in [0.4, 0.5) is 0 Å². The van der Waals surface area contributed by atoms with E-state index in [9.17, 15) is 19.5 Å². The molecule has 1 fully saturated rings. The number of hydrogen-bond donors (Lipinski definition) is 1. The Balaban J connectivity index is 2.61. The summed E-state index contributed by atoms with van der Waals surface area (Å²) >= 11 is 6.07. The maximum atomic E-state index is 12.7. The molecular weight excluding hydrogens is 360 g/mol. The van der Waals surface area contributed by atoms with Gasteiger partial charge in [0.1, 0.15) is 5.92 Å². The predicted molar refractivity (Wildman–Crippen MR) is 94.7 cm³/mol. The molecule has 0 heterocycles. The SMILES string of the molecule is CCOC(=O)[C@@H]1C(=O)C[C@](C)(O)[C@H](C(=O)OCC)[C@H]1c1cccc(Cl)c1. The van der Waals surface area contributed by atoms with Gasteiger partial charge in [-0.2, -0.15) is 0 Å². The molecular formula is C19H23ClO6. The Hall–Kier alpha value is -1.92. The van der Waals surface area contributed by atoms with E-state index in [1.165, 1.54) is 6.92 Å². The second-order valence-corrected chi connectivity index (χ2v) is 6.98. The summed E-state index contributed by atoms with van der Waals surface area (Å²) in [5, 5.41) is 11.2. The number of carbonyl (C=O) groups excluding carboxylic acids is 3. The lowest BCUT2D eigenvalue weighted by Crippen LogP contribution is -2.55. The fraction of sp³-hybridized carbons (Fsp3) is 0.526. The standard InChI is InChI=1S/C19H23ClO6/c1-4-25-17(22)15-13(21)10-19(3,24)16(18(23)26-5-2)14(15)11-7-6-8-12(20)9-11/h6-9,14-16,24H,4-5,10H2,1-3H3/t14-,15+,16-,19-/m0/s1. The van der Waals surface area contributed by atoms with Crippen LogP contribution >= 0.6 is 11.6 Å². The van der Waals surface area contributed by atoms with Crippen molar-refractivity contribution in [2.45, 2.75) is 38.7 Å². The number of aliphatic hydroxyl groups is 1. The van der Waals surface area contributed by atoms with Crippen LogP contribution < -0.4 is 0 Å². The van der Waals surface area contributed by atoms with E-state index < -0.39 is 41.1 Å². The van der Waals surface area contributed by atoms with Gasteiger partial charge in [-0.25, -0.2) is 0 Å². The fourth-order valence-corrected chi connectivity index (χ4v) is 3.79. The first-order chi connectivity index (χ1) is 12.2. The molecule has 1 aliphatic carbocycles. The van der Waals surface area contributed by atoms with Crippen molar-refractivity contribution in [3.63, 3.8) is 0 Å². The Labute approximate surface area is 157 Å². The van der Waals surface area contributed by atoms with Crippen LogP contribution in [0.1, 0.15) is 38.7 Å². The molecule has 1 aromatic carbocycles. The van der Waals surface area contributed by atoms with Crippen LogP contribution in [0.15, 0.2) is 24.3 Å². The van der Waals surface area contributed by atoms with Crippen molar-refractivity contribution in [3.05, 3.63) is 34.9 Å². The van der Waals surface area contributed by atoms with Gasteiger partial charge in [0.15, 0.2) is 5.78 Å². The molecule has 26 heavy (non-hydrogen) atoms. The molecule has 4 atom stereocenters. The summed E-state index contributed by atoms with van der Waals surface area (Å²) in [6.07, 6.45) is -0.336. The number of hydrogen-bond acceptors (Lipinski definition) is 6. The van der Waals surface area contributed by atoms with Gasteiger partial charge in [-0.05, 0) is 38.5 Å². The van der Waals surface area contributed by atoms with Crippen LogP contribution in [0.2, 0.25) is 5.02 Å². The topological polar surface area (TPSA) is 89.9 Å². The molecule has 7 heteroatoms. The molecule has 0 aliphatic heterocycles. The minimum absolute atomic E-state index is 0.103. The first-order valence-corrected chi connectivity index (χ1v) is 8.94. The third-order valence-electron chi connectivity index (χ3n) is 4.58. The number of ether oxygens (including phenoxy) is 2. The van der Waals surface area contributed by atoms with Crippen molar-refractivity contribution in [2.24, 2.45) is 11.8 Å². The van der Waals surface area contributed by atoms with Gasteiger partial charge in [-0.15, -0.1) is 0 Å². The van der Waals surface area contributed by atoms with Crippen molar-refractivity contribution < 1.29 is 29.0 Å². The fourth-order valence-electron chi connectivity index (χ4n) is 3.59. The van der Waals surface area contributed by atoms with Crippen LogP contribution in [0.5, 0.6) is 0 Å². The zero-order valence-corrected chi connectivity index (χ0v) is 15.8. The molecule has 0 spiro atoms. The van der Waals surface area contributed by atoms with Gasteiger partial charge < -0.3 is 14.6 Å². The van der Waals surface area contributed by atoms with Gasteiger partial charge in [0.25, 0.3) is 0 Å². The molecule has 1 N–H and O–H groups in total. The van der Waals surface area contributed by atoms with E-state index in [-0.39, 0.29) is 19.6 Å². The van der Waals surface area contributed by atoms with Crippen LogP contribution in [-0.4, -0.2) is 41.6 Å². The Morgan fingerprint density at radius 2 is 1.85 bits per heavy atom. The smallest absolute Gasteiger partial charge is 0.317 e. The highest BCUT2D eigenvalue weighted by molar-refractivity contribution is 6.30. The Morgan fingerprint density at radius 1 is 1.23 bits per heavy atom. The molecule has 1 aromatic rings. The maximum Gasteiger partial charge on any atom is 0.317 e. The summed E-state index contributed by atoms with van der Waals surface area (Å²) < 4.78 is 10.2. The second-order valence-electron chi connectivity index (χ2n) is 6.54. The van der Waals surface area contributed by atoms with Gasteiger partial charge in [-0.1, -0.05) is 23.7 Å². The molecule has 0 amide bonds.